The molecule has 5 nitrogen and oxygen atoms in total. The predicted molar refractivity (Wildman–Crippen MR) is 103 cm³/mol. The monoisotopic (exact) mass is 386 g/mol. The lowest BCUT2D eigenvalue weighted by Crippen LogP contribution is -2.59. The number of likely N-dealkylation sites (tertiary alicyclic amines) is 1. The predicted octanol–water partition coefficient (Wildman–Crippen LogP) is 2.16. The highest BCUT2D eigenvalue weighted by molar-refractivity contribution is 7.90. The van der Waals surface area contributed by atoms with Crippen molar-refractivity contribution in [1.82, 2.24) is 9.80 Å². The Balaban J connectivity index is 1.54. The number of rotatable bonds is 5. The number of piperidine rings is 1. The minimum absolute atomic E-state index is 0.0582. The number of nitrogens with zero attached hydrogens (tertiary/aromatic N) is 2. The molecule has 0 amide bonds. The Kier molecular flexibility index (Phi) is 5.90. The van der Waals surface area contributed by atoms with Gasteiger partial charge in [-0.2, -0.15) is 0 Å². The summed E-state index contributed by atoms with van der Waals surface area (Å²) in [5.74, 6) is 0.229. The summed E-state index contributed by atoms with van der Waals surface area (Å²) in [6, 6.07) is 4.48. The minimum Gasteiger partial charge on any atom is -0.372 e. The van der Waals surface area contributed by atoms with Crippen molar-refractivity contribution in [3.63, 3.8) is 0 Å². The van der Waals surface area contributed by atoms with Gasteiger partial charge in [0.1, 0.15) is 9.84 Å². The molecule has 3 rings (SSSR count). The number of hydrogen-bond acceptors (Lipinski definition) is 6. The van der Waals surface area contributed by atoms with Crippen LogP contribution in [0, 0.1) is 6.92 Å². The highest BCUT2D eigenvalue weighted by Gasteiger charge is 2.40. The van der Waals surface area contributed by atoms with Crippen LogP contribution in [0.2, 0.25) is 0 Å². The van der Waals surface area contributed by atoms with Crippen LogP contribution in [0.15, 0.2) is 12.1 Å². The summed E-state index contributed by atoms with van der Waals surface area (Å²) < 4.78 is 29.4. The van der Waals surface area contributed by atoms with Crippen LogP contribution in [0.25, 0.3) is 0 Å². The fourth-order valence-electron chi connectivity index (χ4n) is 4.01. The SMILES string of the molecule is Cc1ccc(CN2CCC3(CC2)CN(C(C)CS(C)(=O)=O)CCO3)s1. The van der Waals surface area contributed by atoms with Crippen LogP contribution in [0.1, 0.15) is 29.5 Å². The van der Waals surface area contributed by atoms with E-state index in [4.69, 9.17) is 4.74 Å². The summed E-state index contributed by atoms with van der Waals surface area (Å²) in [4.78, 5) is 7.62. The lowest BCUT2D eigenvalue weighted by molar-refractivity contribution is -0.141. The Hall–Kier alpha value is -0.470. The number of hydrogen-bond donors (Lipinski definition) is 0. The smallest absolute Gasteiger partial charge is 0.148 e. The highest BCUT2D eigenvalue weighted by atomic mass is 32.2. The standard InChI is InChI=1S/C18H30N2O3S2/c1-15(13-25(3,21)22)20-10-11-23-18(14-20)6-8-19(9-7-18)12-17-5-4-16(2)24-17/h4-5,15H,6-14H2,1-3H3. The molecule has 1 unspecified atom stereocenters. The molecule has 0 saturated carbocycles. The molecule has 142 valence electrons. The third kappa shape index (κ3) is 5.26. The Morgan fingerprint density at radius 2 is 2.00 bits per heavy atom. The quantitative estimate of drug-likeness (QED) is 0.776. The first-order valence-corrected chi connectivity index (χ1v) is 12.0. The first-order chi connectivity index (χ1) is 11.7. The first-order valence-electron chi connectivity index (χ1n) is 9.08. The molecule has 0 N–H and O–H groups in total. The van der Waals surface area contributed by atoms with Crippen LogP contribution in [-0.4, -0.2) is 74.7 Å². The molecule has 25 heavy (non-hydrogen) atoms. The summed E-state index contributed by atoms with van der Waals surface area (Å²) in [6.45, 7) is 9.69. The van der Waals surface area contributed by atoms with Gasteiger partial charge in [-0.1, -0.05) is 0 Å². The maximum absolute atomic E-state index is 11.6. The van der Waals surface area contributed by atoms with Gasteiger partial charge in [-0.3, -0.25) is 9.80 Å². The van der Waals surface area contributed by atoms with E-state index in [0.29, 0.717) is 6.61 Å². The fourth-order valence-corrected chi connectivity index (χ4v) is 6.03. The second-order valence-corrected chi connectivity index (χ2v) is 11.3. The zero-order chi connectivity index (χ0) is 18.1. The van der Waals surface area contributed by atoms with Gasteiger partial charge in [-0.05, 0) is 38.8 Å². The van der Waals surface area contributed by atoms with Crippen molar-refractivity contribution in [2.45, 2.75) is 44.9 Å². The van der Waals surface area contributed by atoms with E-state index in [-0.39, 0.29) is 17.4 Å². The van der Waals surface area contributed by atoms with Gasteiger partial charge in [0, 0.05) is 54.8 Å². The Labute approximate surface area is 155 Å². The fraction of sp³-hybridized carbons (Fsp3) is 0.778. The average molecular weight is 387 g/mol. The van der Waals surface area contributed by atoms with E-state index in [1.807, 2.05) is 18.3 Å². The van der Waals surface area contributed by atoms with Crippen molar-refractivity contribution in [2.24, 2.45) is 0 Å². The van der Waals surface area contributed by atoms with Gasteiger partial charge in [0.05, 0.1) is 18.0 Å². The number of sulfone groups is 1. The molecule has 2 saturated heterocycles. The molecule has 0 aromatic carbocycles. The van der Waals surface area contributed by atoms with E-state index in [2.05, 4.69) is 28.9 Å². The van der Waals surface area contributed by atoms with Crippen molar-refractivity contribution in [3.8, 4) is 0 Å². The molecule has 1 spiro atoms. The number of thiophene rings is 1. The molecule has 1 aromatic rings. The molecule has 1 aromatic heterocycles. The molecule has 0 bridgehead atoms. The maximum Gasteiger partial charge on any atom is 0.148 e. The molecule has 7 heteroatoms. The van der Waals surface area contributed by atoms with Crippen molar-refractivity contribution >= 4 is 21.2 Å². The van der Waals surface area contributed by atoms with Crippen molar-refractivity contribution in [3.05, 3.63) is 21.9 Å². The maximum atomic E-state index is 11.6. The van der Waals surface area contributed by atoms with Gasteiger partial charge in [0.15, 0.2) is 0 Å². The molecule has 1 atom stereocenters. The largest absolute Gasteiger partial charge is 0.372 e. The highest BCUT2D eigenvalue weighted by Crippen LogP contribution is 2.32. The van der Waals surface area contributed by atoms with E-state index < -0.39 is 9.84 Å². The van der Waals surface area contributed by atoms with Gasteiger partial charge < -0.3 is 4.74 Å². The third-order valence-corrected chi connectivity index (χ3v) is 7.46. The van der Waals surface area contributed by atoms with Crippen LogP contribution < -0.4 is 0 Å². The molecule has 3 heterocycles. The number of aryl methyl sites for hydroxylation is 1. The lowest BCUT2D eigenvalue weighted by Gasteiger charge is -2.48. The Morgan fingerprint density at radius 1 is 1.28 bits per heavy atom. The van der Waals surface area contributed by atoms with Gasteiger partial charge >= 0.3 is 0 Å². The minimum atomic E-state index is -2.95. The van der Waals surface area contributed by atoms with Gasteiger partial charge in [-0.25, -0.2) is 8.42 Å². The normalized spacial score (nSPS) is 23.8. The van der Waals surface area contributed by atoms with E-state index in [9.17, 15) is 8.42 Å². The topological polar surface area (TPSA) is 49.9 Å². The van der Waals surface area contributed by atoms with E-state index in [0.717, 1.165) is 45.6 Å². The zero-order valence-electron chi connectivity index (χ0n) is 15.5. The third-order valence-electron chi connectivity index (χ3n) is 5.39. The van der Waals surface area contributed by atoms with E-state index >= 15 is 0 Å². The number of morpholine rings is 1. The summed E-state index contributed by atoms with van der Waals surface area (Å²) >= 11 is 1.88. The van der Waals surface area contributed by atoms with Crippen LogP contribution in [0.5, 0.6) is 0 Å². The summed E-state index contributed by atoms with van der Waals surface area (Å²) in [5, 5.41) is 0. The summed E-state index contributed by atoms with van der Waals surface area (Å²) in [7, 11) is -2.95. The second-order valence-electron chi connectivity index (χ2n) is 7.73. The van der Waals surface area contributed by atoms with Crippen LogP contribution in [-0.2, 0) is 21.1 Å². The average Bonchev–Trinajstić information content (AvgIpc) is 2.93. The second kappa shape index (κ2) is 7.64. The van der Waals surface area contributed by atoms with Crippen LogP contribution in [0.4, 0.5) is 0 Å². The van der Waals surface area contributed by atoms with Gasteiger partial charge in [0.25, 0.3) is 0 Å². The van der Waals surface area contributed by atoms with Crippen LogP contribution in [0.3, 0.4) is 0 Å². The number of ether oxygens (including phenoxy) is 1. The molecule has 0 aliphatic carbocycles. The lowest BCUT2D eigenvalue weighted by atomic mass is 9.89. The summed E-state index contributed by atoms with van der Waals surface area (Å²) in [6.07, 6.45) is 3.38. The summed E-state index contributed by atoms with van der Waals surface area (Å²) in [5.41, 5.74) is -0.0914. The molecule has 2 aliphatic heterocycles. The molecular weight excluding hydrogens is 356 g/mol. The zero-order valence-corrected chi connectivity index (χ0v) is 17.2. The van der Waals surface area contributed by atoms with Gasteiger partial charge in [-0.15, -0.1) is 11.3 Å². The van der Waals surface area contributed by atoms with Gasteiger partial charge in [0.2, 0.25) is 0 Å². The molecule has 0 radical (unpaired) electrons. The molecular formula is C18H30N2O3S2. The first kappa shape index (κ1) is 19.3. The molecule has 2 fully saturated rings. The van der Waals surface area contributed by atoms with Crippen molar-refractivity contribution in [2.75, 3.05) is 44.8 Å². The Morgan fingerprint density at radius 3 is 2.60 bits per heavy atom. The molecule has 2 aliphatic rings. The van der Waals surface area contributed by atoms with Crippen molar-refractivity contribution in [1.29, 1.82) is 0 Å². The van der Waals surface area contributed by atoms with Crippen molar-refractivity contribution < 1.29 is 13.2 Å². The Bertz CT molecular complexity index is 678. The van der Waals surface area contributed by atoms with Crippen LogP contribution >= 0.6 is 11.3 Å². The van der Waals surface area contributed by atoms with E-state index in [1.54, 1.807) is 0 Å². The van der Waals surface area contributed by atoms with E-state index in [1.165, 1.54) is 16.0 Å².